The van der Waals surface area contributed by atoms with Crippen LogP contribution in [0.3, 0.4) is 0 Å². The molecule has 12 heavy (non-hydrogen) atoms. The molecular weight excluding hydrogens is 150 g/mol. The molecule has 0 fully saturated rings. The van der Waals surface area contributed by atoms with E-state index in [0.29, 0.717) is 6.61 Å². The molecule has 0 unspecified atom stereocenters. The number of allylic oxidation sites excluding steroid dienone is 3. The van der Waals surface area contributed by atoms with Crippen LogP contribution in [0.15, 0.2) is 34.5 Å². The third-order valence-electron chi connectivity index (χ3n) is 1.50. The molecule has 1 aliphatic rings. The van der Waals surface area contributed by atoms with Crippen molar-refractivity contribution in [1.29, 1.82) is 0 Å². The Bertz CT molecular complexity index is 257. The van der Waals surface area contributed by atoms with E-state index < -0.39 is 0 Å². The second kappa shape index (κ2) is 4.70. The molecule has 0 heterocycles. The van der Waals surface area contributed by atoms with Gasteiger partial charge in [-0.2, -0.15) is 0 Å². The maximum Gasteiger partial charge on any atom is 0.0705 e. The lowest BCUT2D eigenvalue weighted by Crippen LogP contribution is -2.06. The van der Waals surface area contributed by atoms with E-state index >= 15 is 0 Å². The molecule has 0 aliphatic heterocycles. The molecular formula is C10H13NO. The Labute approximate surface area is 73.0 Å². The first-order valence-corrected chi connectivity index (χ1v) is 3.98. The van der Waals surface area contributed by atoms with Crippen molar-refractivity contribution < 1.29 is 4.74 Å². The summed E-state index contributed by atoms with van der Waals surface area (Å²) in [5, 5.41) is 0. The molecule has 0 N–H and O–H groups in total. The predicted molar refractivity (Wildman–Crippen MR) is 50.6 cm³/mol. The highest BCUT2D eigenvalue weighted by atomic mass is 16.5. The Kier molecular flexibility index (Phi) is 3.52. The van der Waals surface area contributed by atoms with E-state index in [1.54, 1.807) is 7.11 Å². The standard InChI is InChI=1S/C10H13NO/c1-9(8-12-2)11-7-10-5-3-4-6-10/h3-5,7,9H,8H2,1-2H3/t9-/m1/s1. The van der Waals surface area contributed by atoms with Gasteiger partial charge in [0.05, 0.1) is 12.6 Å². The minimum absolute atomic E-state index is 0.221. The van der Waals surface area contributed by atoms with Crippen LogP contribution in [-0.4, -0.2) is 26.0 Å². The molecule has 0 aromatic rings. The van der Waals surface area contributed by atoms with Crippen molar-refractivity contribution in [1.82, 2.24) is 0 Å². The van der Waals surface area contributed by atoms with Crippen LogP contribution in [0.1, 0.15) is 6.92 Å². The average molecular weight is 163 g/mol. The molecule has 64 valence electrons. The van der Waals surface area contributed by atoms with Crippen LogP contribution in [-0.2, 0) is 4.74 Å². The first-order valence-electron chi connectivity index (χ1n) is 3.98. The number of hydrogen-bond donors (Lipinski definition) is 0. The fraction of sp³-hybridized carbons (Fsp3) is 0.400. The first kappa shape index (κ1) is 8.98. The summed E-state index contributed by atoms with van der Waals surface area (Å²) in [4.78, 5) is 4.28. The third-order valence-corrected chi connectivity index (χ3v) is 1.50. The number of methoxy groups -OCH3 is 1. The second-order valence-corrected chi connectivity index (χ2v) is 2.71. The Morgan fingerprint density at radius 1 is 1.75 bits per heavy atom. The molecule has 2 heteroatoms. The van der Waals surface area contributed by atoms with E-state index in [-0.39, 0.29) is 6.04 Å². The maximum absolute atomic E-state index is 4.95. The topological polar surface area (TPSA) is 21.6 Å². The van der Waals surface area contributed by atoms with Crippen LogP contribution in [0.4, 0.5) is 0 Å². The van der Waals surface area contributed by atoms with Crippen LogP contribution in [0, 0.1) is 0 Å². The van der Waals surface area contributed by atoms with Crippen LogP contribution in [0.2, 0.25) is 0 Å². The van der Waals surface area contributed by atoms with E-state index in [2.05, 4.69) is 10.7 Å². The van der Waals surface area contributed by atoms with Crippen LogP contribution >= 0.6 is 0 Å². The van der Waals surface area contributed by atoms with Gasteiger partial charge in [-0.1, -0.05) is 6.08 Å². The van der Waals surface area contributed by atoms with E-state index in [1.165, 1.54) is 0 Å². The van der Waals surface area contributed by atoms with Gasteiger partial charge in [0.15, 0.2) is 0 Å². The van der Waals surface area contributed by atoms with Gasteiger partial charge in [0, 0.05) is 18.9 Å². The quantitative estimate of drug-likeness (QED) is 0.457. The number of aliphatic imine (C=N–C) groups is 1. The summed E-state index contributed by atoms with van der Waals surface area (Å²) in [5.74, 6) is 0. The Morgan fingerprint density at radius 2 is 2.58 bits per heavy atom. The predicted octanol–water partition coefficient (Wildman–Crippen LogP) is 1.74. The Balaban J connectivity index is 2.39. The summed E-state index contributed by atoms with van der Waals surface area (Å²) in [6, 6.07) is 0.221. The SMILES string of the molecule is COC[C@@H](C)N=CC1=C=CC=C1. The molecule has 0 saturated heterocycles. The summed E-state index contributed by atoms with van der Waals surface area (Å²) < 4.78 is 4.95. The average Bonchev–Trinajstić information content (AvgIpc) is 2.53. The molecule has 0 aromatic heterocycles. The molecule has 0 saturated carbocycles. The minimum atomic E-state index is 0.221. The van der Waals surface area contributed by atoms with E-state index in [4.69, 9.17) is 4.74 Å². The number of ether oxygens (including phenoxy) is 1. The summed E-state index contributed by atoms with van der Waals surface area (Å²) in [5.41, 5.74) is 4.07. The lowest BCUT2D eigenvalue weighted by molar-refractivity contribution is 0.186. The number of nitrogens with zero attached hydrogens (tertiary/aromatic N) is 1. The molecule has 0 bridgehead atoms. The molecule has 0 radical (unpaired) electrons. The fourth-order valence-corrected chi connectivity index (χ4v) is 0.916. The first-order chi connectivity index (χ1) is 5.83. The fourth-order valence-electron chi connectivity index (χ4n) is 0.916. The zero-order chi connectivity index (χ0) is 8.81. The van der Waals surface area contributed by atoms with Crippen LogP contribution in [0.25, 0.3) is 0 Å². The van der Waals surface area contributed by atoms with Crippen molar-refractivity contribution in [3.05, 3.63) is 29.5 Å². The van der Waals surface area contributed by atoms with Crippen molar-refractivity contribution >= 4 is 6.21 Å². The van der Waals surface area contributed by atoms with Gasteiger partial charge in [-0.15, -0.1) is 5.73 Å². The van der Waals surface area contributed by atoms with Crippen molar-refractivity contribution in [3.63, 3.8) is 0 Å². The maximum atomic E-state index is 4.95. The lowest BCUT2D eigenvalue weighted by Gasteiger charge is -2.02. The van der Waals surface area contributed by atoms with Crippen molar-refractivity contribution in [2.75, 3.05) is 13.7 Å². The van der Waals surface area contributed by atoms with Gasteiger partial charge in [-0.25, -0.2) is 0 Å². The Morgan fingerprint density at radius 3 is 3.17 bits per heavy atom. The highest BCUT2D eigenvalue weighted by molar-refractivity contribution is 5.83. The van der Waals surface area contributed by atoms with Gasteiger partial charge >= 0.3 is 0 Å². The monoisotopic (exact) mass is 163 g/mol. The van der Waals surface area contributed by atoms with E-state index in [1.807, 2.05) is 31.4 Å². The third kappa shape index (κ3) is 2.87. The second-order valence-electron chi connectivity index (χ2n) is 2.71. The van der Waals surface area contributed by atoms with Gasteiger partial charge in [-0.05, 0) is 19.1 Å². The molecule has 0 aromatic carbocycles. The minimum Gasteiger partial charge on any atom is -0.382 e. The van der Waals surface area contributed by atoms with Gasteiger partial charge in [0.1, 0.15) is 0 Å². The Hall–Kier alpha value is -1.11. The number of rotatable bonds is 4. The van der Waals surface area contributed by atoms with Gasteiger partial charge in [0.2, 0.25) is 0 Å². The highest BCUT2D eigenvalue weighted by Crippen LogP contribution is 1.99. The van der Waals surface area contributed by atoms with E-state index in [0.717, 1.165) is 5.57 Å². The molecule has 1 rings (SSSR count). The zero-order valence-corrected chi connectivity index (χ0v) is 7.45. The van der Waals surface area contributed by atoms with Gasteiger partial charge in [0.25, 0.3) is 0 Å². The summed E-state index contributed by atoms with van der Waals surface area (Å²) >= 11 is 0. The molecule has 2 nitrogen and oxygen atoms in total. The van der Waals surface area contributed by atoms with Crippen LogP contribution in [0.5, 0.6) is 0 Å². The normalized spacial score (nSPS) is 17.3. The molecule has 1 atom stereocenters. The van der Waals surface area contributed by atoms with E-state index in [9.17, 15) is 0 Å². The molecule has 0 spiro atoms. The molecule has 0 amide bonds. The van der Waals surface area contributed by atoms with Crippen molar-refractivity contribution in [2.45, 2.75) is 13.0 Å². The van der Waals surface area contributed by atoms with Gasteiger partial charge in [-0.3, -0.25) is 4.99 Å². The van der Waals surface area contributed by atoms with Crippen molar-refractivity contribution in [3.8, 4) is 0 Å². The highest BCUT2D eigenvalue weighted by Gasteiger charge is 1.95. The molecule has 1 aliphatic carbocycles. The number of hydrogen-bond acceptors (Lipinski definition) is 2. The largest absolute Gasteiger partial charge is 0.382 e. The smallest absolute Gasteiger partial charge is 0.0705 e. The summed E-state index contributed by atoms with van der Waals surface area (Å²) in [7, 11) is 1.68. The zero-order valence-electron chi connectivity index (χ0n) is 7.45. The summed E-state index contributed by atoms with van der Waals surface area (Å²) in [6.45, 7) is 2.68. The summed E-state index contributed by atoms with van der Waals surface area (Å²) in [6.07, 6.45) is 7.62. The van der Waals surface area contributed by atoms with Gasteiger partial charge < -0.3 is 4.74 Å². The van der Waals surface area contributed by atoms with Crippen LogP contribution < -0.4 is 0 Å². The lowest BCUT2D eigenvalue weighted by atomic mass is 10.3. The van der Waals surface area contributed by atoms with Crippen molar-refractivity contribution in [2.24, 2.45) is 4.99 Å².